The molecule has 3 aromatic carbocycles. The van der Waals surface area contributed by atoms with E-state index >= 15 is 0 Å². The molecule has 0 saturated carbocycles. The number of carbonyl (C=O) groups excluding carboxylic acids is 1. The standard InChI is InChI=1S/C26H24N2O2/c1-4-30-21-15-13-20(14-16-21)27-26(29)24-18(3)25(19-11-9-17(2)10-12-19)28-23-8-6-5-7-22(23)24/h5-16H,4H2,1-3H3,(H,27,29). The fourth-order valence-electron chi connectivity index (χ4n) is 3.59. The number of rotatable bonds is 5. The van der Waals surface area contributed by atoms with Crippen LogP contribution >= 0.6 is 0 Å². The summed E-state index contributed by atoms with van der Waals surface area (Å²) in [5, 5.41) is 3.87. The third kappa shape index (κ3) is 3.90. The van der Waals surface area contributed by atoms with Crippen LogP contribution in [0.4, 0.5) is 5.69 Å². The van der Waals surface area contributed by atoms with Gasteiger partial charge in [0, 0.05) is 16.6 Å². The van der Waals surface area contributed by atoms with Crippen molar-refractivity contribution in [2.24, 2.45) is 0 Å². The summed E-state index contributed by atoms with van der Waals surface area (Å²) in [4.78, 5) is 18.2. The van der Waals surface area contributed by atoms with Crippen molar-refractivity contribution >= 4 is 22.5 Å². The predicted octanol–water partition coefficient (Wildman–Crippen LogP) is 6.17. The van der Waals surface area contributed by atoms with Crippen LogP contribution in [0.3, 0.4) is 0 Å². The zero-order valence-corrected chi connectivity index (χ0v) is 17.4. The van der Waals surface area contributed by atoms with Crippen molar-refractivity contribution in [1.29, 1.82) is 0 Å². The van der Waals surface area contributed by atoms with Crippen molar-refractivity contribution in [3.63, 3.8) is 0 Å². The molecule has 0 aliphatic carbocycles. The summed E-state index contributed by atoms with van der Waals surface area (Å²) in [7, 11) is 0. The van der Waals surface area contributed by atoms with Gasteiger partial charge in [0.1, 0.15) is 5.75 Å². The number of ether oxygens (including phenoxy) is 1. The quantitative estimate of drug-likeness (QED) is 0.439. The first kappa shape index (κ1) is 19.6. The average Bonchev–Trinajstić information content (AvgIpc) is 2.75. The van der Waals surface area contributed by atoms with Gasteiger partial charge in [-0.15, -0.1) is 0 Å². The Morgan fingerprint density at radius 1 is 0.933 bits per heavy atom. The Hall–Kier alpha value is -3.66. The monoisotopic (exact) mass is 396 g/mol. The highest BCUT2D eigenvalue weighted by Gasteiger charge is 2.19. The second-order valence-electron chi connectivity index (χ2n) is 7.26. The maximum Gasteiger partial charge on any atom is 0.256 e. The number of para-hydroxylation sites is 1. The zero-order valence-electron chi connectivity index (χ0n) is 17.4. The van der Waals surface area contributed by atoms with E-state index in [4.69, 9.17) is 9.72 Å². The number of aromatic nitrogens is 1. The summed E-state index contributed by atoms with van der Waals surface area (Å²) in [6, 6.07) is 23.4. The highest BCUT2D eigenvalue weighted by molar-refractivity contribution is 6.14. The van der Waals surface area contributed by atoms with Gasteiger partial charge in [-0.25, -0.2) is 4.98 Å². The molecule has 0 aliphatic heterocycles. The van der Waals surface area contributed by atoms with Crippen LogP contribution in [-0.4, -0.2) is 17.5 Å². The molecule has 0 spiro atoms. The first-order valence-corrected chi connectivity index (χ1v) is 10.1. The number of pyridine rings is 1. The van der Waals surface area contributed by atoms with Gasteiger partial charge >= 0.3 is 0 Å². The summed E-state index contributed by atoms with van der Waals surface area (Å²) >= 11 is 0. The number of hydrogen-bond acceptors (Lipinski definition) is 3. The van der Waals surface area contributed by atoms with Crippen LogP contribution in [0.2, 0.25) is 0 Å². The Morgan fingerprint density at radius 3 is 2.33 bits per heavy atom. The van der Waals surface area contributed by atoms with Gasteiger partial charge in [0.05, 0.1) is 23.4 Å². The third-order valence-corrected chi connectivity index (χ3v) is 5.11. The first-order valence-electron chi connectivity index (χ1n) is 10.1. The molecule has 4 heteroatoms. The zero-order chi connectivity index (χ0) is 21.1. The van der Waals surface area contributed by atoms with Crippen LogP contribution < -0.4 is 10.1 Å². The van der Waals surface area contributed by atoms with Gasteiger partial charge in [-0.05, 0) is 56.7 Å². The van der Waals surface area contributed by atoms with Gasteiger partial charge < -0.3 is 10.1 Å². The molecule has 4 nitrogen and oxygen atoms in total. The molecule has 0 unspecified atom stereocenters. The van der Waals surface area contributed by atoms with E-state index in [0.717, 1.165) is 39.2 Å². The molecule has 0 radical (unpaired) electrons. The molecule has 150 valence electrons. The van der Waals surface area contributed by atoms with E-state index in [1.54, 1.807) is 0 Å². The van der Waals surface area contributed by atoms with E-state index < -0.39 is 0 Å². The molecule has 30 heavy (non-hydrogen) atoms. The molecule has 0 fully saturated rings. The Kier molecular flexibility index (Phi) is 5.48. The number of amides is 1. The summed E-state index contributed by atoms with van der Waals surface area (Å²) in [6.07, 6.45) is 0. The molecular formula is C26H24N2O2. The highest BCUT2D eigenvalue weighted by atomic mass is 16.5. The van der Waals surface area contributed by atoms with E-state index in [0.29, 0.717) is 12.2 Å². The molecule has 0 aliphatic rings. The summed E-state index contributed by atoms with van der Waals surface area (Å²) in [6.45, 7) is 6.57. The number of hydrogen-bond donors (Lipinski definition) is 1. The molecule has 0 bridgehead atoms. The van der Waals surface area contributed by atoms with Crippen molar-refractivity contribution < 1.29 is 9.53 Å². The number of fused-ring (bicyclic) bond motifs is 1. The van der Waals surface area contributed by atoms with Crippen molar-refractivity contribution in [1.82, 2.24) is 4.98 Å². The Labute approximate surface area is 176 Å². The lowest BCUT2D eigenvalue weighted by Gasteiger charge is -2.15. The Bertz CT molecular complexity index is 1200. The number of benzene rings is 3. The molecular weight excluding hydrogens is 372 g/mol. The lowest BCUT2D eigenvalue weighted by atomic mass is 9.96. The number of aryl methyl sites for hydroxylation is 1. The number of nitrogens with one attached hydrogen (secondary N) is 1. The predicted molar refractivity (Wildman–Crippen MR) is 122 cm³/mol. The van der Waals surface area contributed by atoms with E-state index in [9.17, 15) is 4.79 Å². The van der Waals surface area contributed by atoms with Crippen LogP contribution in [0.5, 0.6) is 5.75 Å². The maximum atomic E-state index is 13.3. The molecule has 1 N–H and O–H groups in total. The molecule has 4 aromatic rings. The van der Waals surface area contributed by atoms with Gasteiger partial charge in [0.15, 0.2) is 0 Å². The summed E-state index contributed by atoms with van der Waals surface area (Å²) in [5.74, 6) is 0.631. The van der Waals surface area contributed by atoms with Gasteiger partial charge in [0.2, 0.25) is 0 Å². The molecule has 1 heterocycles. The fourth-order valence-corrected chi connectivity index (χ4v) is 3.59. The molecule has 0 saturated heterocycles. The third-order valence-electron chi connectivity index (χ3n) is 5.11. The largest absolute Gasteiger partial charge is 0.494 e. The normalized spacial score (nSPS) is 10.8. The highest BCUT2D eigenvalue weighted by Crippen LogP contribution is 2.30. The molecule has 4 rings (SSSR count). The average molecular weight is 396 g/mol. The SMILES string of the molecule is CCOc1ccc(NC(=O)c2c(C)c(-c3ccc(C)cc3)nc3ccccc23)cc1. The summed E-state index contributed by atoms with van der Waals surface area (Å²) in [5.41, 5.74) is 6.04. The topological polar surface area (TPSA) is 51.2 Å². The lowest BCUT2D eigenvalue weighted by molar-refractivity contribution is 0.102. The number of anilines is 1. The molecule has 1 aromatic heterocycles. The van der Waals surface area contributed by atoms with Gasteiger partial charge in [-0.3, -0.25) is 4.79 Å². The Balaban J connectivity index is 1.77. The van der Waals surface area contributed by atoms with E-state index in [1.807, 2.05) is 74.5 Å². The van der Waals surface area contributed by atoms with E-state index in [2.05, 4.69) is 24.4 Å². The minimum absolute atomic E-state index is 0.149. The van der Waals surface area contributed by atoms with Gasteiger partial charge in [-0.1, -0.05) is 48.0 Å². The number of carbonyl (C=O) groups is 1. The second-order valence-corrected chi connectivity index (χ2v) is 7.26. The van der Waals surface area contributed by atoms with E-state index in [1.165, 1.54) is 5.56 Å². The minimum Gasteiger partial charge on any atom is -0.494 e. The van der Waals surface area contributed by atoms with Gasteiger partial charge in [0.25, 0.3) is 5.91 Å². The van der Waals surface area contributed by atoms with Crippen LogP contribution in [0.25, 0.3) is 22.2 Å². The minimum atomic E-state index is -0.149. The smallest absolute Gasteiger partial charge is 0.256 e. The van der Waals surface area contributed by atoms with Crippen LogP contribution in [0.1, 0.15) is 28.4 Å². The van der Waals surface area contributed by atoms with Crippen molar-refractivity contribution in [2.75, 3.05) is 11.9 Å². The number of nitrogens with zero attached hydrogens (tertiary/aromatic N) is 1. The van der Waals surface area contributed by atoms with Crippen LogP contribution in [-0.2, 0) is 0 Å². The lowest BCUT2D eigenvalue weighted by Crippen LogP contribution is -2.15. The van der Waals surface area contributed by atoms with Crippen molar-refractivity contribution in [2.45, 2.75) is 20.8 Å². The molecule has 1 amide bonds. The van der Waals surface area contributed by atoms with Crippen molar-refractivity contribution in [3.8, 4) is 17.0 Å². The molecule has 0 atom stereocenters. The Morgan fingerprint density at radius 2 is 1.63 bits per heavy atom. The summed E-state index contributed by atoms with van der Waals surface area (Å²) < 4.78 is 5.48. The van der Waals surface area contributed by atoms with Gasteiger partial charge in [-0.2, -0.15) is 0 Å². The first-order chi connectivity index (χ1) is 14.6. The maximum absolute atomic E-state index is 13.3. The second kappa shape index (κ2) is 8.37. The van der Waals surface area contributed by atoms with Crippen LogP contribution in [0.15, 0.2) is 72.8 Å². The van der Waals surface area contributed by atoms with E-state index in [-0.39, 0.29) is 5.91 Å². The fraction of sp³-hybridized carbons (Fsp3) is 0.154. The van der Waals surface area contributed by atoms with Crippen LogP contribution in [0, 0.1) is 13.8 Å². The van der Waals surface area contributed by atoms with Crippen molar-refractivity contribution in [3.05, 3.63) is 89.5 Å².